The zero-order valence-electron chi connectivity index (χ0n) is 16.1. The Morgan fingerprint density at radius 1 is 1.14 bits per heavy atom. The lowest BCUT2D eigenvalue weighted by Crippen LogP contribution is -2.52. The fourth-order valence-corrected chi connectivity index (χ4v) is 3.14. The van der Waals surface area contributed by atoms with E-state index in [0.29, 0.717) is 26.2 Å². The van der Waals surface area contributed by atoms with Crippen LogP contribution < -0.4 is 5.32 Å². The van der Waals surface area contributed by atoms with Gasteiger partial charge in [0, 0.05) is 33.2 Å². The lowest BCUT2D eigenvalue weighted by Gasteiger charge is -2.35. The van der Waals surface area contributed by atoms with E-state index >= 15 is 0 Å². The number of para-hydroxylation sites is 1. The van der Waals surface area contributed by atoms with Gasteiger partial charge in [-0.05, 0) is 12.1 Å². The number of halogens is 3. The third kappa shape index (κ3) is 6.68. The number of likely N-dealkylation sites (N-methyl/N-ethyl adjacent to an activating group) is 1. The highest BCUT2D eigenvalue weighted by Crippen LogP contribution is 2.34. The fourth-order valence-electron chi connectivity index (χ4n) is 2.80. The quantitative estimate of drug-likeness (QED) is 0.709. The summed E-state index contributed by atoms with van der Waals surface area (Å²) in [6, 6.07) is 4.74. The number of hydrogen-bond donors (Lipinski definition) is 1. The van der Waals surface area contributed by atoms with E-state index in [-0.39, 0.29) is 24.7 Å². The van der Waals surface area contributed by atoms with E-state index in [1.807, 2.05) is 0 Å². The Kier molecular flexibility index (Phi) is 7.25. The number of rotatable bonds is 6. The van der Waals surface area contributed by atoms with Crippen LogP contribution in [0.1, 0.15) is 5.56 Å². The Hall–Kier alpha value is -2.18. The maximum Gasteiger partial charge on any atom is 0.418 e. The lowest BCUT2D eigenvalue weighted by atomic mass is 10.1. The van der Waals surface area contributed by atoms with Crippen molar-refractivity contribution in [3.63, 3.8) is 0 Å². The smallest absolute Gasteiger partial charge is 0.339 e. The van der Waals surface area contributed by atoms with Gasteiger partial charge in [-0.1, -0.05) is 12.1 Å². The minimum Gasteiger partial charge on any atom is -0.339 e. The van der Waals surface area contributed by atoms with Gasteiger partial charge in [0.1, 0.15) is 0 Å². The first-order chi connectivity index (χ1) is 13.4. The van der Waals surface area contributed by atoms with Gasteiger partial charge in [-0.15, -0.1) is 0 Å². The molecule has 162 valence electrons. The normalized spacial score (nSPS) is 16.1. The van der Waals surface area contributed by atoms with Crippen LogP contribution in [-0.4, -0.2) is 86.9 Å². The second-order valence-corrected chi connectivity index (χ2v) is 8.86. The molecule has 1 N–H and O–H groups in total. The minimum atomic E-state index is -4.57. The topological polar surface area (TPSA) is 90.0 Å². The van der Waals surface area contributed by atoms with Crippen molar-refractivity contribution in [1.82, 2.24) is 14.1 Å². The van der Waals surface area contributed by atoms with Crippen molar-refractivity contribution >= 4 is 27.5 Å². The molecule has 0 saturated carbocycles. The third-order valence-electron chi connectivity index (χ3n) is 4.52. The zero-order chi connectivity index (χ0) is 21.8. The average Bonchev–Trinajstić information content (AvgIpc) is 2.61. The van der Waals surface area contributed by atoms with E-state index in [2.05, 4.69) is 5.32 Å². The van der Waals surface area contributed by atoms with Crippen LogP contribution in [0.15, 0.2) is 24.3 Å². The Morgan fingerprint density at radius 3 is 2.28 bits per heavy atom. The number of carbonyl (C=O) groups excluding carboxylic acids is 2. The molecular formula is C17H23F3N4O4S. The first-order valence-corrected chi connectivity index (χ1v) is 10.6. The van der Waals surface area contributed by atoms with E-state index in [4.69, 9.17) is 0 Å². The predicted octanol–water partition coefficient (Wildman–Crippen LogP) is 0.680. The van der Waals surface area contributed by atoms with Gasteiger partial charge in [0.2, 0.25) is 21.8 Å². The van der Waals surface area contributed by atoms with E-state index in [1.165, 1.54) is 30.1 Å². The number of hydrogen-bond acceptors (Lipinski definition) is 5. The fraction of sp³-hybridized carbons (Fsp3) is 0.529. The van der Waals surface area contributed by atoms with Crippen molar-refractivity contribution in [2.75, 3.05) is 57.9 Å². The average molecular weight is 436 g/mol. The van der Waals surface area contributed by atoms with Crippen molar-refractivity contribution in [3.8, 4) is 0 Å². The number of alkyl halides is 3. The summed E-state index contributed by atoms with van der Waals surface area (Å²) in [7, 11) is -2.15. The molecule has 2 rings (SSSR count). The van der Waals surface area contributed by atoms with Crippen LogP contribution in [0.25, 0.3) is 0 Å². The Morgan fingerprint density at radius 2 is 1.72 bits per heavy atom. The number of piperazine rings is 1. The van der Waals surface area contributed by atoms with Crippen molar-refractivity contribution in [1.29, 1.82) is 0 Å². The number of carbonyl (C=O) groups is 2. The number of nitrogens with zero attached hydrogens (tertiary/aromatic N) is 3. The van der Waals surface area contributed by atoms with E-state index in [9.17, 15) is 31.2 Å². The predicted molar refractivity (Wildman–Crippen MR) is 101 cm³/mol. The van der Waals surface area contributed by atoms with Crippen LogP contribution in [0.4, 0.5) is 18.9 Å². The summed E-state index contributed by atoms with van der Waals surface area (Å²) in [5.41, 5.74) is -1.22. The Balaban J connectivity index is 1.86. The van der Waals surface area contributed by atoms with Crippen LogP contribution >= 0.6 is 0 Å². The first kappa shape index (κ1) is 23.1. The summed E-state index contributed by atoms with van der Waals surface area (Å²) in [4.78, 5) is 27.5. The van der Waals surface area contributed by atoms with Gasteiger partial charge >= 0.3 is 6.18 Å². The van der Waals surface area contributed by atoms with Crippen molar-refractivity contribution < 1.29 is 31.2 Å². The molecule has 1 aliphatic heterocycles. The molecule has 0 unspecified atom stereocenters. The molecule has 8 nitrogen and oxygen atoms in total. The van der Waals surface area contributed by atoms with Crippen LogP contribution in [0.5, 0.6) is 0 Å². The zero-order valence-corrected chi connectivity index (χ0v) is 16.9. The molecule has 0 spiro atoms. The third-order valence-corrected chi connectivity index (χ3v) is 5.78. The molecule has 0 aromatic heterocycles. The van der Waals surface area contributed by atoms with Gasteiger partial charge in [0.25, 0.3) is 0 Å². The molecule has 0 bridgehead atoms. The van der Waals surface area contributed by atoms with Gasteiger partial charge in [0.15, 0.2) is 0 Å². The summed E-state index contributed by atoms with van der Waals surface area (Å²) in [6.07, 6.45) is -3.57. The molecule has 1 fully saturated rings. The molecule has 1 saturated heterocycles. The highest BCUT2D eigenvalue weighted by molar-refractivity contribution is 7.88. The molecule has 1 aliphatic rings. The second kappa shape index (κ2) is 9.09. The molecule has 29 heavy (non-hydrogen) atoms. The molecule has 0 aliphatic carbocycles. The van der Waals surface area contributed by atoms with Gasteiger partial charge in [-0.3, -0.25) is 14.5 Å². The molecule has 12 heteroatoms. The van der Waals surface area contributed by atoms with Crippen LogP contribution in [0, 0.1) is 0 Å². The molecular weight excluding hydrogens is 413 g/mol. The SMILES string of the molecule is CN(CC(=O)N1CCN(CC(=O)Nc2ccccc2C(F)(F)F)CC1)S(C)(=O)=O. The number of amides is 2. The number of sulfonamides is 1. The van der Waals surface area contributed by atoms with E-state index in [1.54, 1.807) is 4.90 Å². The largest absolute Gasteiger partial charge is 0.418 e. The summed E-state index contributed by atoms with van der Waals surface area (Å²) < 4.78 is 62.7. The molecule has 1 heterocycles. The molecule has 1 aromatic rings. The van der Waals surface area contributed by atoms with E-state index < -0.39 is 27.7 Å². The highest BCUT2D eigenvalue weighted by Gasteiger charge is 2.33. The summed E-state index contributed by atoms with van der Waals surface area (Å²) in [5.74, 6) is -0.931. The summed E-state index contributed by atoms with van der Waals surface area (Å²) >= 11 is 0. The van der Waals surface area contributed by atoms with Crippen molar-refractivity contribution in [2.45, 2.75) is 6.18 Å². The van der Waals surface area contributed by atoms with Crippen molar-refractivity contribution in [2.24, 2.45) is 0 Å². The first-order valence-electron chi connectivity index (χ1n) is 8.75. The molecule has 1 aromatic carbocycles. The summed E-state index contributed by atoms with van der Waals surface area (Å²) in [5, 5.41) is 2.29. The van der Waals surface area contributed by atoms with Crippen LogP contribution in [0.3, 0.4) is 0 Å². The maximum atomic E-state index is 13.0. The molecule has 0 radical (unpaired) electrons. The monoisotopic (exact) mass is 436 g/mol. The van der Waals surface area contributed by atoms with Crippen LogP contribution in [0.2, 0.25) is 0 Å². The Bertz CT molecular complexity index is 852. The van der Waals surface area contributed by atoms with Gasteiger partial charge < -0.3 is 10.2 Å². The van der Waals surface area contributed by atoms with E-state index in [0.717, 1.165) is 16.6 Å². The standard InChI is InChI=1S/C17H23F3N4O4S/c1-22(29(2,27)28)12-16(26)24-9-7-23(8-10-24)11-15(25)21-14-6-4-3-5-13(14)17(18,19)20/h3-6H,7-12H2,1-2H3,(H,21,25). The van der Waals surface area contributed by atoms with Crippen LogP contribution in [-0.2, 0) is 25.8 Å². The highest BCUT2D eigenvalue weighted by atomic mass is 32.2. The summed E-state index contributed by atoms with van der Waals surface area (Å²) in [6.45, 7) is 0.905. The Labute approximate surface area is 167 Å². The van der Waals surface area contributed by atoms with Crippen molar-refractivity contribution in [3.05, 3.63) is 29.8 Å². The maximum absolute atomic E-state index is 13.0. The molecule has 2 amide bonds. The lowest BCUT2D eigenvalue weighted by molar-refractivity contribution is -0.137. The number of nitrogens with one attached hydrogen (secondary N) is 1. The molecule has 0 atom stereocenters. The second-order valence-electron chi connectivity index (χ2n) is 6.77. The number of anilines is 1. The number of benzene rings is 1. The minimum absolute atomic E-state index is 0.114. The van der Waals surface area contributed by atoms with Gasteiger partial charge in [-0.25, -0.2) is 8.42 Å². The van der Waals surface area contributed by atoms with Gasteiger partial charge in [-0.2, -0.15) is 17.5 Å². The van der Waals surface area contributed by atoms with Gasteiger partial charge in [0.05, 0.1) is 30.6 Å².